The molecule has 0 aromatic carbocycles. The SMILES string of the molecule is CC1(C)OCC(CC2CC2)C1O. The Balaban J connectivity index is 1.91. The summed E-state index contributed by atoms with van der Waals surface area (Å²) >= 11 is 0. The fourth-order valence-electron chi connectivity index (χ4n) is 2.04. The molecule has 2 unspecified atom stereocenters. The second kappa shape index (κ2) is 2.71. The van der Waals surface area contributed by atoms with Crippen LogP contribution in [0.25, 0.3) is 0 Å². The smallest absolute Gasteiger partial charge is 0.0888 e. The summed E-state index contributed by atoms with van der Waals surface area (Å²) in [5, 5.41) is 9.87. The number of aliphatic hydroxyl groups is 1. The zero-order valence-electron chi connectivity index (χ0n) is 7.92. The normalized spacial score (nSPS) is 40.2. The molecule has 70 valence electrons. The van der Waals surface area contributed by atoms with Crippen LogP contribution in [0, 0.1) is 11.8 Å². The fourth-order valence-corrected chi connectivity index (χ4v) is 2.04. The molecule has 12 heavy (non-hydrogen) atoms. The van der Waals surface area contributed by atoms with E-state index >= 15 is 0 Å². The zero-order chi connectivity index (χ0) is 8.77. The van der Waals surface area contributed by atoms with E-state index in [1.54, 1.807) is 0 Å². The van der Waals surface area contributed by atoms with Gasteiger partial charge in [-0.25, -0.2) is 0 Å². The number of rotatable bonds is 2. The molecule has 1 aliphatic carbocycles. The molecule has 0 radical (unpaired) electrons. The minimum Gasteiger partial charge on any atom is -0.390 e. The molecule has 1 saturated carbocycles. The minimum atomic E-state index is -0.306. The highest BCUT2D eigenvalue weighted by atomic mass is 16.5. The molecule has 1 N–H and O–H groups in total. The van der Waals surface area contributed by atoms with Crippen molar-refractivity contribution >= 4 is 0 Å². The molecule has 1 heterocycles. The Morgan fingerprint density at radius 1 is 1.42 bits per heavy atom. The maximum atomic E-state index is 9.87. The molecule has 2 fully saturated rings. The first-order valence-electron chi connectivity index (χ1n) is 4.91. The van der Waals surface area contributed by atoms with Gasteiger partial charge in [0.1, 0.15) is 0 Å². The molecule has 0 amide bonds. The number of ether oxygens (including phenoxy) is 1. The Morgan fingerprint density at radius 3 is 2.50 bits per heavy atom. The number of aliphatic hydroxyl groups excluding tert-OH is 1. The summed E-state index contributed by atoms with van der Waals surface area (Å²) in [6, 6.07) is 0. The van der Waals surface area contributed by atoms with Crippen molar-refractivity contribution in [1.82, 2.24) is 0 Å². The van der Waals surface area contributed by atoms with Gasteiger partial charge in [0.05, 0.1) is 18.3 Å². The number of hydrogen-bond acceptors (Lipinski definition) is 2. The predicted molar refractivity (Wildman–Crippen MR) is 46.9 cm³/mol. The zero-order valence-corrected chi connectivity index (χ0v) is 7.92. The van der Waals surface area contributed by atoms with E-state index in [4.69, 9.17) is 4.74 Å². The van der Waals surface area contributed by atoms with Crippen LogP contribution in [-0.2, 0) is 4.74 Å². The van der Waals surface area contributed by atoms with E-state index in [1.165, 1.54) is 19.3 Å². The second-order valence-corrected chi connectivity index (χ2v) is 4.80. The van der Waals surface area contributed by atoms with Crippen LogP contribution in [0.1, 0.15) is 33.1 Å². The van der Waals surface area contributed by atoms with E-state index < -0.39 is 0 Å². The Hall–Kier alpha value is -0.0800. The van der Waals surface area contributed by atoms with Crippen molar-refractivity contribution < 1.29 is 9.84 Å². The van der Waals surface area contributed by atoms with Gasteiger partial charge in [-0.15, -0.1) is 0 Å². The van der Waals surface area contributed by atoms with Crippen molar-refractivity contribution in [2.45, 2.75) is 44.8 Å². The van der Waals surface area contributed by atoms with Crippen LogP contribution in [-0.4, -0.2) is 23.4 Å². The van der Waals surface area contributed by atoms with Crippen LogP contribution in [0.3, 0.4) is 0 Å². The van der Waals surface area contributed by atoms with Gasteiger partial charge in [-0.1, -0.05) is 12.8 Å². The maximum absolute atomic E-state index is 9.87. The fraction of sp³-hybridized carbons (Fsp3) is 1.00. The van der Waals surface area contributed by atoms with Crippen LogP contribution in [0.15, 0.2) is 0 Å². The molecule has 0 bridgehead atoms. The van der Waals surface area contributed by atoms with Crippen molar-refractivity contribution in [2.75, 3.05) is 6.61 Å². The first-order valence-corrected chi connectivity index (χ1v) is 4.91. The van der Waals surface area contributed by atoms with Gasteiger partial charge in [0.2, 0.25) is 0 Å². The van der Waals surface area contributed by atoms with Crippen molar-refractivity contribution in [3.05, 3.63) is 0 Å². The van der Waals surface area contributed by atoms with E-state index in [2.05, 4.69) is 0 Å². The van der Waals surface area contributed by atoms with Gasteiger partial charge in [-0.2, -0.15) is 0 Å². The van der Waals surface area contributed by atoms with Crippen molar-refractivity contribution in [1.29, 1.82) is 0 Å². The predicted octanol–water partition coefficient (Wildman–Crippen LogP) is 1.57. The molecule has 2 heteroatoms. The molecular formula is C10H18O2. The van der Waals surface area contributed by atoms with E-state index in [0.717, 1.165) is 12.5 Å². The summed E-state index contributed by atoms with van der Waals surface area (Å²) in [4.78, 5) is 0. The van der Waals surface area contributed by atoms with Crippen LogP contribution < -0.4 is 0 Å². The van der Waals surface area contributed by atoms with Gasteiger partial charge in [0, 0.05) is 5.92 Å². The third kappa shape index (κ3) is 1.50. The van der Waals surface area contributed by atoms with Crippen LogP contribution in [0.4, 0.5) is 0 Å². The summed E-state index contributed by atoms with van der Waals surface area (Å²) in [7, 11) is 0. The summed E-state index contributed by atoms with van der Waals surface area (Å²) < 4.78 is 5.54. The van der Waals surface area contributed by atoms with Gasteiger partial charge in [-0.3, -0.25) is 0 Å². The average molecular weight is 170 g/mol. The number of hydrogen-bond donors (Lipinski definition) is 1. The average Bonchev–Trinajstić information content (AvgIpc) is 2.75. The van der Waals surface area contributed by atoms with Crippen LogP contribution in [0.5, 0.6) is 0 Å². The lowest BCUT2D eigenvalue weighted by Gasteiger charge is -2.23. The van der Waals surface area contributed by atoms with Gasteiger partial charge in [0.15, 0.2) is 0 Å². The molecule has 0 spiro atoms. The highest BCUT2D eigenvalue weighted by Gasteiger charge is 2.43. The highest BCUT2D eigenvalue weighted by Crippen LogP contribution is 2.41. The van der Waals surface area contributed by atoms with Gasteiger partial charge in [-0.05, 0) is 26.2 Å². The lowest BCUT2D eigenvalue weighted by Crippen LogP contribution is -2.35. The Kier molecular flexibility index (Phi) is 1.92. The quantitative estimate of drug-likeness (QED) is 0.681. The first-order chi connectivity index (χ1) is 5.59. The van der Waals surface area contributed by atoms with E-state index in [9.17, 15) is 5.11 Å². The maximum Gasteiger partial charge on any atom is 0.0888 e. The molecule has 2 atom stereocenters. The Labute approximate surface area is 73.9 Å². The topological polar surface area (TPSA) is 29.5 Å². The molecule has 2 nitrogen and oxygen atoms in total. The Morgan fingerprint density at radius 2 is 2.08 bits per heavy atom. The van der Waals surface area contributed by atoms with Gasteiger partial charge in [0.25, 0.3) is 0 Å². The van der Waals surface area contributed by atoms with Gasteiger partial charge < -0.3 is 9.84 Å². The Bertz CT molecular complexity index is 173. The van der Waals surface area contributed by atoms with Crippen molar-refractivity contribution in [2.24, 2.45) is 11.8 Å². The molecule has 1 aliphatic heterocycles. The monoisotopic (exact) mass is 170 g/mol. The summed E-state index contributed by atoms with van der Waals surface area (Å²) in [5.74, 6) is 1.29. The van der Waals surface area contributed by atoms with Crippen LogP contribution >= 0.6 is 0 Å². The molecule has 0 aromatic rings. The van der Waals surface area contributed by atoms with Crippen molar-refractivity contribution in [3.63, 3.8) is 0 Å². The molecular weight excluding hydrogens is 152 g/mol. The lowest BCUT2D eigenvalue weighted by molar-refractivity contribution is -0.0315. The van der Waals surface area contributed by atoms with Crippen molar-refractivity contribution in [3.8, 4) is 0 Å². The highest BCUT2D eigenvalue weighted by molar-refractivity contribution is 4.93. The summed E-state index contributed by atoms with van der Waals surface area (Å²) in [5.41, 5.74) is -0.306. The van der Waals surface area contributed by atoms with E-state index in [1.807, 2.05) is 13.8 Å². The van der Waals surface area contributed by atoms with Crippen LogP contribution in [0.2, 0.25) is 0 Å². The molecule has 0 aromatic heterocycles. The standard InChI is InChI=1S/C10H18O2/c1-10(2)9(11)8(6-12-10)5-7-3-4-7/h7-9,11H,3-6H2,1-2H3. The summed E-state index contributed by atoms with van der Waals surface area (Å²) in [6.07, 6.45) is 3.65. The first kappa shape index (κ1) is 8.52. The third-order valence-electron chi connectivity index (χ3n) is 3.16. The minimum absolute atomic E-state index is 0.252. The largest absolute Gasteiger partial charge is 0.390 e. The summed E-state index contributed by atoms with van der Waals surface area (Å²) in [6.45, 7) is 4.71. The third-order valence-corrected chi connectivity index (χ3v) is 3.16. The van der Waals surface area contributed by atoms with E-state index in [-0.39, 0.29) is 11.7 Å². The lowest BCUT2D eigenvalue weighted by atomic mass is 9.90. The van der Waals surface area contributed by atoms with E-state index in [0.29, 0.717) is 5.92 Å². The molecule has 2 rings (SSSR count). The molecule has 2 aliphatic rings. The molecule has 1 saturated heterocycles. The second-order valence-electron chi connectivity index (χ2n) is 4.80. The van der Waals surface area contributed by atoms with Gasteiger partial charge >= 0.3 is 0 Å².